The summed E-state index contributed by atoms with van der Waals surface area (Å²) in [7, 11) is 0. The van der Waals surface area contributed by atoms with Crippen LogP contribution in [-0.4, -0.2) is 43.7 Å². The van der Waals surface area contributed by atoms with Gasteiger partial charge in [-0.1, -0.05) is 59.5 Å². The van der Waals surface area contributed by atoms with Crippen molar-refractivity contribution in [3.8, 4) is 0 Å². The number of anilines is 2. The minimum absolute atomic E-state index is 0.190. The highest BCUT2D eigenvalue weighted by molar-refractivity contribution is 8.01. The molecule has 0 aliphatic heterocycles. The molecule has 168 valence electrons. The molecule has 4 aromatic rings. The van der Waals surface area contributed by atoms with Gasteiger partial charge in [-0.05, 0) is 29.8 Å². The lowest BCUT2D eigenvalue weighted by molar-refractivity contribution is 0.0699. The molecule has 1 aromatic carbocycles. The average Bonchev–Trinajstić information content (AvgIpc) is 3.29. The van der Waals surface area contributed by atoms with Crippen molar-refractivity contribution >= 4 is 40.0 Å². The zero-order valence-corrected chi connectivity index (χ0v) is 19.0. The SMILES string of the molecule is O=C(NC(CO)[C@H](O)c1ccccc1)c1cc(Sc2cnc(Nc3ccccn3)s2)ccn1. The maximum atomic E-state index is 12.7. The van der Waals surface area contributed by atoms with Crippen LogP contribution in [0.25, 0.3) is 0 Å². The second-order valence-corrected chi connectivity index (χ2v) is 9.33. The van der Waals surface area contributed by atoms with Gasteiger partial charge in [0.25, 0.3) is 5.91 Å². The number of aliphatic hydroxyl groups excluding tert-OH is 2. The van der Waals surface area contributed by atoms with E-state index in [2.05, 4.69) is 25.6 Å². The summed E-state index contributed by atoms with van der Waals surface area (Å²) in [6, 6.07) is 17.1. The molecule has 0 saturated carbocycles. The third-order valence-corrected chi connectivity index (χ3v) is 6.61. The van der Waals surface area contributed by atoms with E-state index in [9.17, 15) is 15.0 Å². The van der Waals surface area contributed by atoms with E-state index in [0.29, 0.717) is 16.5 Å². The van der Waals surface area contributed by atoms with Crippen molar-refractivity contribution < 1.29 is 15.0 Å². The summed E-state index contributed by atoms with van der Waals surface area (Å²) >= 11 is 2.92. The molecule has 0 bridgehead atoms. The van der Waals surface area contributed by atoms with Crippen LogP contribution in [0.1, 0.15) is 22.2 Å². The standard InChI is InChI=1S/C23H21N5O3S2/c29-14-18(21(30)15-6-2-1-3-7-15)27-22(31)17-12-16(9-11-24-17)32-20-13-26-23(33-20)28-19-8-4-5-10-25-19/h1-13,18,21,29-30H,14H2,(H,27,31)(H,25,26,28)/t18?,21-/m1/s1. The number of pyridine rings is 2. The van der Waals surface area contributed by atoms with E-state index in [1.165, 1.54) is 23.1 Å². The molecule has 4 N–H and O–H groups in total. The summed E-state index contributed by atoms with van der Waals surface area (Å²) in [5.74, 6) is 0.232. The second kappa shape index (κ2) is 11.0. The lowest BCUT2D eigenvalue weighted by Crippen LogP contribution is -2.42. The van der Waals surface area contributed by atoms with Gasteiger partial charge in [0.2, 0.25) is 0 Å². The van der Waals surface area contributed by atoms with Gasteiger partial charge < -0.3 is 20.8 Å². The molecule has 1 amide bonds. The highest BCUT2D eigenvalue weighted by atomic mass is 32.2. The predicted molar refractivity (Wildman–Crippen MR) is 128 cm³/mol. The molecular weight excluding hydrogens is 458 g/mol. The third kappa shape index (κ3) is 6.14. The van der Waals surface area contributed by atoms with E-state index in [0.717, 1.165) is 9.10 Å². The number of benzene rings is 1. The number of hydrogen-bond donors (Lipinski definition) is 4. The highest BCUT2D eigenvalue weighted by Crippen LogP contribution is 2.34. The van der Waals surface area contributed by atoms with Gasteiger partial charge in [-0.3, -0.25) is 9.78 Å². The minimum atomic E-state index is -1.04. The summed E-state index contributed by atoms with van der Waals surface area (Å²) in [6.07, 6.45) is 3.96. The summed E-state index contributed by atoms with van der Waals surface area (Å²) in [6.45, 7) is -0.414. The minimum Gasteiger partial charge on any atom is -0.394 e. The van der Waals surface area contributed by atoms with Gasteiger partial charge in [-0.15, -0.1) is 0 Å². The lowest BCUT2D eigenvalue weighted by atomic mass is 10.0. The van der Waals surface area contributed by atoms with E-state index in [1.54, 1.807) is 55.0 Å². The maximum Gasteiger partial charge on any atom is 0.270 e. The zero-order chi connectivity index (χ0) is 23.0. The normalized spacial score (nSPS) is 12.7. The van der Waals surface area contributed by atoms with Gasteiger partial charge in [-0.2, -0.15) is 0 Å². The third-order valence-electron chi connectivity index (χ3n) is 4.60. The molecule has 0 radical (unpaired) electrons. The second-order valence-electron chi connectivity index (χ2n) is 6.92. The number of hydrogen-bond acceptors (Lipinski definition) is 9. The molecule has 0 aliphatic carbocycles. The van der Waals surface area contributed by atoms with Crippen molar-refractivity contribution in [2.75, 3.05) is 11.9 Å². The van der Waals surface area contributed by atoms with Gasteiger partial charge in [-0.25, -0.2) is 9.97 Å². The van der Waals surface area contributed by atoms with E-state index in [-0.39, 0.29) is 5.69 Å². The number of nitrogens with one attached hydrogen (secondary N) is 2. The smallest absolute Gasteiger partial charge is 0.270 e. The number of aliphatic hydroxyl groups is 2. The first-order chi connectivity index (χ1) is 16.1. The first-order valence-corrected chi connectivity index (χ1v) is 11.7. The van der Waals surface area contributed by atoms with Crippen LogP contribution in [0.2, 0.25) is 0 Å². The van der Waals surface area contributed by atoms with Gasteiger partial charge in [0.05, 0.1) is 23.1 Å². The van der Waals surface area contributed by atoms with Crippen LogP contribution in [0.4, 0.5) is 10.9 Å². The van der Waals surface area contributed by atoms with E-state index in [4.69, 9.17) is 0 Å². The fourth-order valence-electron chi connectivity index (χ4n) is 2.97. The summed E-state index contributed by atoms with van der Waals surface area (Å²) in [5.41, 5.74) is 0.796. The Balaban J connectivity index is 1.40. The fourth-order valence-corrected chi connectivity index (χ4v) is 4.86. The van der Waals surface area contributed by atoms with Crippen LogP contribution < -0.4 is 10.6 Å². The van der Waals surface area contributed by atoms with E-state index < -0.39 is 24.7 Å². The zero-order valence-electron chi connectivity index (χ0n) is 17.3. The Morgan fingerprint density at radius 2 is 1.85 bits per heavy atom. The number of amides is 1. The summed E-state index contributed by atoms with van der Waals surface area (Å²) < 4.78 is 0.929. The van der Waals surface area contributed by atoms with Crippen LogP contribution in [0.3, 0.4) is 0 Å². The summed E-state index contributed by atoms with van der Waals surface area (Å²) in [4.78, 5) is 26.3. The van der Waals surface area contributed by atoms with Crippen molar-refractivity contribution in [3.05, 3.63) is 90.5 Å². The average molecular weight is 480 g/mol. The predicted octanol–water partition coefficient (Wildman–Crippen LogP) is 3.65. The Morgan fingerprint density at radius 1 is 1.03 bits per heavy atom. The number of thiazole rings is 1. The summed E-state index contributed by atoms with van der Waals surface area (Å²) in [5, 5.41) is 26.7. The lowest BCUT2D eigenvalue weighted by Gasteiger charge is -2.22. The molecule has 2 atom stereocenters. The van der Waals surface area contributed by atoms with Gasteiger partial charge in [0, 0.05) is 17.3 Å². The largest absolute Gasteiger partial charge is 0.394 e. The maximum absolute atomic E-state index is 12.7. The quantitative estimate of drug-likeness (QED) is 0.287. The number of carbonyl (C=O) groups excluding carboxylic acids is 1. The molecule has 1 unspecified atom stereocenters. The molecule has 0 fully saturated rings. The van der Waals surface area contributed by atoms with Crippen LogP contribution in [-0.2, 0) is 0 Å². The van der Waals surface area contributed by atoms with E-state index in [1.807, 2.05) is 24.3 Å². The number of rotatable bonds is 9. The Morgan fingerprint density at radius 3 is 2.61 bits per heavy atom. The topological polar surface area (TPSA) is 120 Å². The molecule has 0 spiro atoms. The molecule has 10 heteroatoms. The van der Waals surface area contributed by atoms with Crippen molar-refractivity contribution in [2.45, 2.75) is 21.3 Å². The number of aromatic nitrogens is 3. The molecular formula is C23H21N5O3S2. The van der Waals surface area contributed by atoms with E-state index >= 15 is 0 Å². The monoisotopic (exact) mass is 479 g/mol. The van der Waals surface area contributed by atoms with Crippen LogP contribution >= 0.6 is 23.1 Å². The Hall–Kier alpha value is -3.31. The molecule has 0 aliphatic rings. The number of carbonyl (C=O) groups is 1. The Bertz CT molecular complexity index is 1190. The van der Waals surface area contributed by atoms with Crippen LogP contribution in [0, 0.1) is 0 Å². The Kier molecular flexibility index (Phi) is 7.63. The van der Waals surface area contributed by atoms with Gasteiger partial charge >= 0.3 is 0 Å². The van der Waals surface area contributed by atoms with Crippen molar-refractivity contribution in [2.24, 2.45) is 0 Å². The molecule has 3 aromatic heterocycles. The number of nitrogens with zero attached hydrogens (tertiary/aromatic N) is 3. The van der Waals surface area contributed by atoms with Gasteiger partial charge in [0.15, 0.2) is 5.13 Å². The molecule has 8 nitrogen and oxygen atoms in total. The molecule has 33 heavy (non-hydrogen) atoms. The Labute approximate surface area is 198 Å². The molecule has 4 rings (SSSR count). The van der Waals surface area contributed by atoms with Crippen molar-refractivity contribution in [3.63, 3.8) is 0 Å². The molecule has 0 saturated heterocycles. The first-order valence-electron chi connectivity index (χ1n) is 10.0. The fraction of sp³-hybridized carbons (Fsp3) is 0.130. The first kappa shape index (κ1) is 22.9. The van der Waals surface area contributed by atoms with Gasteiger partial charge in [0.1, 0.15) is 17.6 Å². The van der Waals surface area contributed by atoms with Crippen LogP contribution in [0.5, 0.6) is 0 Å². The van der Waals surface area contributed by atoms with Crippen molar-refractivity contribution in [1.29, 1.82) is 0 Å². The van der Waals surface area contributed by atoms with Crippen LogP contribution in [0.15, 0.2) is 88.4 Å². The molecule has 3 heterocycles. The van der Waals surface area contributed by atoms with Crippen molar-refractivity contribution in [1.82, 2.24) is 20.3 Å². The highest BCUT2D eigenvalue weighted by Gasteiger charge is 2.23.